The standard InChI is InChI=1S/C16H22Cl2N2O/c1-2-15(13-6-5-12(17)11-14(13)18)19-8-7-16(21)20-9-3-4-10-20/h5-6,11,15,19H,2-4,7-10H2,1H3. The summed E-state index contributed by atoms with van der Waals surface area (Å²) in [5.74, 6) is 0.247. The number of nitrogens with zero attached hydrogens (tertiary/aromatic N) is 1. The topological polar surface area (TPSA) is 32.3 Å². The molecule has 2 rings (SSSR count). The van der Waals surface area contributed by atoms with Crippen LogP contribution in [0.15, 0.2) is 18.2 Å². The highest BCUT2D eigenvalue weighted by Crippen LogP contribution is 2.28. The summed E-state index contributed by atoms with van der Waals surface area (Å²) in [7, 11) is 0. The van der Waals surface area contributed by atoms with Gasteiger partial charge in [-0.15, -0.1) is 0 Å². The molecular formula is C16H22Cl2N2O. The van der Waals surface area contributed by atoms with E-state index in [1.165, 1.54) is 0 Å². The Bertz CT molecular complexity index is 487. The highest BCUT2D eigenvalue weighted by atomic mass is 35.5. The van der Waals surface area contributed by atoms with Gasteiger partial charge in [0.1, 0.15) is 0 Å². The van der Waals surface area contributed by atoms with Gasteiger partial charge < -0.3 is 10.2 Å². The first-order chi connectivity index (χ1) is 10.1. The van der Waals surface area contributed by atoms with Crippen molar-refractivity contribution in [3.8, 4) is 0 Å². The largest absolute Gasteiger partial charge is 0.343 e. The van der Waals surface area contributed by atoms with Crippen molar-refractivity contribution in [1.29, 1.82) is 0 Å². The lowest BCUT2D eigenvalue weighted by molar-refractivity contribution is -0.130. The quantitative estimate of drug-likeness (QED) is 0.854. The molecule has 21 heavy (non-hydrogen) atoms. The molecule has 1 fully saturated rings. The van der Waals surface area contributed by atoms with Crippen LogP contribution in [0.4, 0.5) is 0 Å². The molecule has 1 aliphatic heterocycles. The predicted molar refractivity (Wildman–Crippen MR) is 87.9 cm³/mol. The van der Waals surface area contributed by atoms with Gasteiger partial charge in [-0.2, -0.15) is 0 Å². The minimum Gasteiger partial charge on any atom is -0.343 e. The van der Waals surface area contributed by atoms with E-state index in [0.29, 0.717) is 23.0 Å². The van der Waals surface area contributed by atoms with E-state index in [9.17, 15) is 4.79 Å². The van der Waals surface area contributed by atoms with Gasteiger partial charge in [0.25, 0.3) is 0 Å². The number of halogens is 2. The van der Waals surface area contributed by atoms with Gasteiger partial charge in [0.05, 0.1) is 0 Å². The van der Waals surface area contributed by atoms with Crippen molar-refractivity contribution in [2.45, 2.75) is 38.6 Å². The number of benzene rings is 1. The maximum absolute atomic E-state index is 12.0. The first-order valence-electron chi connectivity index (χ1n) is 7.58. The van der Waals surface area contributed by atoms with Crippen LogP contribution in [0, 0.1) is 0 Å². The number of amides is 1. The Morgan fingerprint density at radius 3 is 2.67 bits per heavy atom. The number of carbonyl (C=O) groups is 1. The number of hydrogen-bond donors (Lipinski definition) is 1. The zero-order valence-corrected chi connectivity index (χ0v) is 13.9. The van der Waals surface area contributed by atoms with Crippen LogP contribution in [-0.2, 0) is 4.79 Å². The van der Waals surface area contributed by atoms with Crippen LogP contribution >= 0.6 is 23.2 Å². The summed E-state index contributed by atoms with van der Waals surface area (Å²) in [6.45, 7) is 4.61. The van der Waals surface area contributed by atoms with Gasteiger partial charge in [0.2, 0.25) is 5.91 Å². The van der Waals surface area contributed by atoms with E-state index in [-0.39, 0.29) is 11.9 Å². The lowest BCUT2D eigenvalue weighted by Crippen LogP contribution is -2.31. The van der Waals surface area contributed by atoms with E-state index >= 15 is 0 Å². The van der Waals surface area contributed by atoms with Crippen LogP contribution in [0.3, 0.4) is 0 Å². The van der Waals surface area contributed by atoms with Crippen molar-refractivity contribution in [3.63, 3.8) is 0 Å². The van der Waals surface area contributed by atoms with Crippen molar-refractivity contribution in [1.82, 2.24) is 10.2 Å². The summed E-state index contributed by atoms with van der Waals surface area (Å²) in [6.07, 6.45) is 3.73. The third-order valence-corrected chi connectivity index (χ3v) is 4.50. The van der Waals surface area contributed by atoms with Crippen LogP contribution < -0.4 is 5.32 Å². The molecule has 1 aliphatic rings. The molecule has 5 heteroatoms. The predicted octanol–water partition coefficient (Wildman–Crippen LogP) is 4.05. The zero-order valence-electron chi connectivity index (χ0n) is 12.4. The molecule has 1 aromatic carbocycles. The highest BCUT2D eigenvalue weighted by molar-refractivity contribution is 6.35. The summed E-state index contributed by atoms with van der Waals surface area (Å²) in [6, 6.07) is 5.72. The molecular weight excluding hydrogens is 307 g/mol. The van der Waals surface area contributed by atoms with E-state index < -0.39 is 0 Å². The Hall–Kier alpha value is -0.770. The van der Waals surface area contributed by atoms with Crippen LogP contribution in [0.25, 0.3) is 0 Å². The molecule has 1 saturated heterocycles. The van der Waals surface area contributed by atoms with Crippen LogP contribution in [0.1, 0.15) is 44.2 Å². The molecule has 0 aromatic heterocycles. The van der Waals surface area contributed by atoms with E-state index in [4.69, 9.17) is 23.2 Å². The van der Waals surface area contributed by atoms with Crippen molar-refractivity contribution in [2.75, 3.05) is 19.6 Å². The summed E-state index contributed by atoms with van der Waals surface area (Å²) in [5.41, 5.74) is 1.04. The van der Waals surface area contributed by atoms with Gasteiger partial charge in [-0.25, -0.2) is 0 Å². The van der Waals surface area contributed by atoms with Crippen LogP contribution in [0.2, 0.25) is 10.0 Å². The van der Waals surface area contributed by atoms with Crippen LogP contribution in [0.5, 0.6) is 0 Å². The van der Waals surface area contributed by atoms with Crippen molar-refractivity contribution >= 4 is 29.1 Å². The normalized spacial score (nSPS) is 16.2. The average Bonchev–Trinajstić information content (AvgIpc) is 2.98. The Morgan fingerprint density at radius 1 is 1.33 bits per heavy atom. The molecule has 1 N–H and O–H groups in total. The zero-order chi connectivity index (χ0) is 15.2. The van der Waals surface area contributed by atoms with Gasteiger partial charge in [0.15, 0.2) is 0 Å². The highest BCUT2D eigenvalue weighted by Gasteiger charge is 2.18. The van der Waals surface area contributed by atoms with Crippen molar-refractivity contribution < 1.29 is 4.79 Å². The molecule has 1 amide bonds. The maximum atomic E-state index is 12.0. The van der Waals surface area contributed by atoms with Crippen LogP contribution in [-0.4, -0.2) is 30.4 Å². The molecule has 1 unspecified atom stereocenters. The second-order valence-electron chi connectivity index (χ2n) is 5.42. The second kappa shape index (κ2) is 8.02. The molecule has 0 aliphatic carbocycles. The lowest BCUT2D eigenvalue weighted by atomic mass is 10.0. The fourth-order valence-corrected chi connectivity index (χ4v) is 3.28. The molecule has 1 atom stereocenters. The third-order valence-electron chi connectivity index (χ3n) is 3.93. The van der Waals surface area contributed by atoms with E-state index in [1.54, 1.807) is 6.07 Å². The number of carbonyl (C=O) groups excluding carboxylic acids is 1. The fraction of sp³-hybridized carbons (Fsp3) is 0.562. The lowest BCUT2D eigenvalue weighted by Gasteiger charge is -2.20. The SMILES string of the molecule is CCC(NCCC(=O)N1CCCC1)c1ccc(Cl)cc1Cl. The smallest absolute Gasteiger partial charge is 0.223 e. The number of rotatable bonds is 6. The minimum atomic E-state index is 0.154. The van der Waals surface area contributed by atoms with E-state index in [1.807, 2.05) is 17.0 Å². The monoisotopic (exact) mass is 328 g/mol. The molecule has 3 nitrogen and oxygen atoms in total. The Kier molecular flexibility index (Phi) is 6.34. The number of nitrogens with one attached hydrogen (secondary N) is 1. The Labute approximate surface area is 136 Å². The molecule has 0 saturated carbocycles. The van der Waals surface area contributed by atoms with Crippen molar-refractivity contribution in [2.24, 2.45) is 0 Å². The third kappa shape index (κ3) is 4.60. The van der Waals surface area contributed by atoms with Crippen molar-refractivity contribution in [3.05, 3.63) is 33.8 Å². The molecule has 116 valence electrons. The number of likely N-dealkylation sites (tertiary alicyclic amines) is 1. The average molecular weight is 329 g/mol. The first-order valence-corrected chi connectivity index (χ1v) is 8.33. The van der Waals surface area contributed by atoms with Gasteiger partial charge in [-0.05, 0) is 37.0 Å². The fourth-order valence-electron chi connectivity index (χ4n) is 2.74. The van der Waals surface area contributed by atoms with Gasteiger partial charge in [-0.1, -0.05) is 36.2 Å². The Morgan fingerprint density at radius 2 is 2.05 bits per heavy atom. The Balaban J connectivity index is 1.86. The van der Waals surface area contributed by atoms with Gasteiger partial charge in [0, 0.05) is 42.1 Å². The molecule has 0 spiro atoms. The van der Waals surface area contributed by atoms with E-state index in [0.717, 1.165) is 37.9 Å². The maximum Gasteiger partial charge on any atom is 0.223 e. The molecule has 0 bridgehead atoms. The number of hydrogen-bond acceptors (Lipinski definition) is 2. The van der Waals surface area contributed by atoms with Gasteiger partial charge in [-0.3, -0.25) is 4.79 Å². The summed E-state index contributed by atoms with van der Waals surface area (Å²) >= 11 is 12.2. The first kappa shape index (κ1) is 16.6. The summed E-state index contributed by atoms with van der Waals surface area (Å²) < 4.78 is 0. The summed E-state index contributed by atoms with van der Waals surface area (Å²) in [5, 5.41) is 4.74. The second-order valence-corrected chi connectivity index (χ2v) is 6.26. The molecule has 1 heterocycles. The van der Waals surface area contributed by atoms with E-state index in [2.05, 4.69) is 12.2 Å². The minimum absolute atomic E-state index is 0.154. The molecule has 0 radical (unpaired) electrons. The summed E-state index contributed by atoms with van der Waals surface area (Å²) in [4.78, 5) is 14.0. The van der Waals surface area contributed by atoms with Gasteiger partial charge >= 0.3 is 0 Å². The molecule has 1 aromatic rings.